The Morgan fingerprint density at radius 2 is 1.92 bits per heavy atom. The highest BCUT2D eigenvalue weighted by molar-refractivity contribution is 9.10. The zero-order valence-corrected chi connectivity index (χ0v) is 14.5. The molecule has 1 saturated carbocycles. The molecule has 0 spiro atoms. The fourth-order valence-electron chi connectivity index (χ4n) is 3.07. The van der Waals surface area contributed by atoms with Gasteiger partial charge in [-0.1, -0.05) is 28.1 Å². The number of amides is 2. The monoisotopic (exact) mass is 391 g/mol. The number of nitrogens with zero attached hydrogens (tertiary/aromatic N) is 1. The molecule has 6 nitrogen and oxygen atoms in total. The minimum Gasteiger partial charge on any atom is -0.481 e. The third-order valence-corrected chi connectivity index (χ3v) is 5.07. The van der Waals surface area contributed by atoms with Crippen molar-refractivity contribution >= 4 is 44.5 Å². The van der Waals surface area contributed by atoms with Gasteiger partial charge >= 0.3 is 12.0 Å². The van der Waals surface area contributed by atoms with Crippen LogP contribution in [0.25, 0.3) is 10.9 Å². The van der Waals surface area contributed by atoms with Gasteiger partial charge in [0.05, 0.1) is 17.1 Å². The van der Waals surface area contributed by atoms with E-state index in [-0.39, 0.29) is 18.0 Å². The fourth-order valence-corrected chi connectivity index (χ4v) is 3.51. The molecule has 0 radical (unpaired) electrons. The van der Waals surface area contributed by atoms with E-state index >= 15 is 0 Å². The lowest BCUT2D eigenvalue weighted by Gasteiger charge is -2.26. The molecule has 0 bridgehead atoms. The molecule has 0 saturated heterocycles. The predicted molar refractivity (Wildman–Crippen MR) is 95.0 cm³/mol. The number of carboxylic acids is 1. The van der Waals surface area contributed by atoms with Gasteiger partial charge in [0.1, 0.15) is 0 Å². The number of pyridine rings is 1. The number of carbonyl (C=O) groups excluding carboxylic acids is 1. The van der Waals surface area contributed by atoms with Gasteiger partial charge in [0.2, 0.25) is 0 Å². The van der Waals surface area contributed by atoms with E-state index in [1.807, 2.05) is 24.3 Å². The lowest BCUT2D eigenvalue weighted by Crippen LogP contribution is -2.41. The third kappa shape index (κ3) is 3.67. The first-order valence-electron chi connectivity index (χ1n) is 7.88. The van der Waals surface area contributed by atoms with Crippen LogP contribution in [-0.4, -0.2) is 28.1 Å². The van der Waals surface area contributed by atoms with Gasteiger partial charge in [0.25, 0.3) is 0 Å². The van der Waals surface area contributed by atoms with Gasteiger partial charge in [-0.05, 0) is 37.8 Å². The van der Waals surface area contributed by atoms with Crippen LogP contribution in [0.1, 0.15) is 25.7 Å². The van der Waals surface area contributed by atoms with Crippen molar-refractivity contribution in [1.82, 2.24) is 10.3 Å². The Hall–Kier alpha value is -2.15. The van der Waals surface area contributed by atoms with Gasteiger partial charge in [0.15, 0.2) is 0 Å². The molecule has 1 aliphatic rings. The van der Waals surface area contributed by atoms with Gasteiger partial charge in [-0.2, -0.15) is 0 Å². The SMILES string of the molecule is O=C(Nc1cccc2c(Br)ccnc12)NC1CCC(C(=O)O)CC1. The van der Waals surface area contributed by atoms with Crippen LogP contribution in [-0.2, 0) is 4.79 Å². The summed E-state index contributed by atoms with van der Waals surface area (Å²) in [4.78, 5) is 27.5. The molecule has 2 amide bonds. The van der Waals surface area contributed by atoms with Crippen LogP contribution < -0.4 is 10.6 Å². The molecular weight excluding hydrogens is 374 g/mol. The number of aromatic nitrogens is 1. The molecule has 24 heavy (non-hydrogen) atoms. The number of carboxylic acid groups (broad SMARTS) is 1. The number of hydrogen-bond acceptors (Lipinski definition) is 3. The maximum atomic E-state index is 12.2. The maximum absolute atomic E-state index is 12.2. The quantitative estimate of drug-likeness (QED) is 0.742. The smallest absolute Gasteiger partial charge is 0.319 e. The number of benzene rings is 1. The first-order chi connectivity index (χ1) is 11.5. The Morgan fingerprint density at radius 1 is 1.17 bits per heavy atom. The minimum absolute atomic E-state index is 0.00951. The van der Waals surface area contributed by atoms with Gasteiger partial charge < -0.3 is 15.7 Å². The third-order valence-electron chi connectivity index (χ3n) is 4.38. The second kappa shape index (κ2) is 7.17. The Kier molecular flexibility index (Phi) is 4.99. The maximum Gasteiger partial charge on any atom is 0.319 e. The Labute approximate surface area is 147 Å². The van der Waals surface area contributed by atoms with Crippen LogP contribution >= 0.6 is 15.9 Å². The lowest BCUT2D eigenvalue weighted by atomic mass is 9.86. The number of rotatable bonds is 3. The van der Waals surface area contributed by atoms with Crippen molar-refractivity contribution in [2.75, 3.05) is 5.32 Å². The van der Waals surface area contributed by atoms with Crippen molar-refractivity contribution in [3.8, 4) is 0 Å². The fraction of sp³-hybridized carbons (Fsp3) is 0.353. The first kappa shape index (κ1) is 16.7. The Morgan fingerprint density at radius 3 is 2.62 bits per heavy atom. The van der Waals surface area contributed by atoms with Crippen molar-refractivity contribution in [3.63, 3.8) is 0 Å². The molecule has 3 rings (SSSR count). The van der Waals surface area contributed by atoms with Gasteiger partial charge in [-0.3, -0.25) is 9.78 Å². The van der Waals surface area contributed by atoms with E-state index in [1.54, 1.807) is 6.20 Å². The summed E-state index contributed by atoms with van der Waals surface area (Å²) in [6.45, 7) is 0. The summed E-state index contributed by atoms with van der Waals surface area (Å²) in [5.74, 6) is -1.03. The summed E-state index contributed by atoms with van der Waals surface area (Å²) in [5, 5.41) is 15.7. The Bertz CT molecular complexity index is 773. The molecule has 1 heterocycles. The highest BCUT2D eigenvalue weighted by atomic mass is 79.9. The van der Waals surface area contributed by atoms with E-state index in [9.17, 15) is 9.59 Å². The normalized spacial score (nSPS) is 20.5. The van der Waals surface area contributed by atoms with Crippen molar-refractivity contribution in [2.24, 2.45) is 5.92 Å². The molecule has 1 fully saturated rings. The highest BCUT2D eigenvalue weighted by Gasteiger charge is 2.26. The number of anilines is 1. The van der Waals surface area contributed by atoms with E-state index in [4.69, 9.17) is 5.11 Å². The van der Waals surface area contributed by atoms with Crippen LogP contribution in [0.5, 0.6) is 0 Å². The number of nitrogens with one attached hydrogen (secondary N) is 2. The standard InChI is InChI=1S/C17H18BrN3O3/c18-13-8-9-19-15-12(13)2-1-3-14(15)21-17(24)20-11-6-4-10(5-7-11)16(22)23/h1-3,8-11H,4-7H2,(H,22,23)(H2,20,21,24). The number of carbonyl (C=O) groups is 2. The summed E-state index contributed by atoms with van der Waals surface area (Å²) in [6, 6.07) is 7.18. The molecule has 1 aliphatic carbocycles. The summed E-state index contributed by atoms with van der Waals surface area (Å²) >= 11 is 3.48. The first-order valence-corrected chi connectivity index (χ1v) is 8.67. The number of para-hydroxylation sites is 1. The average Bonchev–Trinajstić information content (AvgIpc) is 2.56. The molecule has 1 aromatic carbocycles. The second-order valence-electron chi connectivity index (χ2n) is 5.98. The molecule has 1 aromatic heterocycles. The predicted octanol–water partition coefficient (Wildman–Crippen LogP) is 3.76. The van der Waals surface area contributed by atoms with Gasteiger partial charge in [-0.15, -0.1) is 0 Å². The summed E-state index contributed by atoms with van der Waals surface area (Å²) in [6.07, 6.45) is 4.25. The number of fused-ring (bicyclic) bond motifs is 1. The highest BCUT2D eigenvalue weighted by Crippen LogP contribution is 2.28. The van der Waals surface area contributed by atoms with Crippen LogP contribution in [0.3, 0.4) is 0 Å². The second-order valence-corrected chi connectivity index (χ2v) is 6.83. The van der Waals surface area contributed by atoms with Crippen molar-refractivity contribution in [1.29, 1.82) is 0 Å². The van der Waals surface area contributed by atoms with Crippen molar-refractivity contribution in [3.05, 3.63) is 34.9 Å². The molecule has 0 unspecified atom stereocenters. The minimum atomic E-state index is -0.745. The van der Waals surface area contributed by atoms with E-state index < -0.39 is 5.97 Å². The molecule has 2 aromatic rings. The van der Waals surface area contributed by atoms with Crippen LogP contribution in [0.4, 0.5) is 10.5 Å². The largest absolute Gasteiger partial charge is 0.481 e. The average molecular weight is 392 g/mol. The molecule has 7 heteroatoms. The molecule has 0 aliphatic heterocycles. The van der Waals surface area contributed by atoms with Crippen molar-refractivity contribution < 1.29 is 14.7 Å². The van der Waals surface area contributed by atoms with E-state index in [1.165, 1.54) is 0 Å². The number of hydrogen-bond donors (Lipinski definition) is 3. The van der Waals surface area contributed by atoms with Crippen LogP contribution in [0, 0.1) is 5.92 Å². The summed E-state index contributed by atoms with van der Waals surface area (Å²) in [5.41, 5.74) is 1.36. The number of aliphatic carboxylic acids is 1. The summed E-state index contributed by atoms with van der Waals surface area (Å²) in [7, 11) is 0. The summed E-state index contributed by atoms with van der Waals surface area (Å²) < 4.78 is 0.920. The van der Waals surface area contributed by atoms with E-state index in [0.717, 1.165) is 15.4 Å². The zero-order chi connectivity index (χ0) is 17.1. The van der Waals surface area contributed by atoms with Crippen molar-refractivity contribution in [2.45, 2.75) is 31.7 Å². The molecular formula is C17H18BrN3O3. The number of halogens is 1. The number of urea groups is 1. The lowest BCUT2D eigenvalue weighted by molar-refractivity contribution is -0.142. The molecule has 3 N–H and O–H groups in total. The molecule has 0 atom stereocenters. The van der Waals surface area contributed by atoms with E-state index in [0.29, 0.717) is 31.4 Å². The topological polar surface area (TPSA) is 91.3 Å². The van der Waals surface area contributed by atoms with E-state index in [2.05, 4.69) is 31.5 Å². The van der Waals surface area contributed by atoms with Crippen LogP contribution in [0.2, 0.25) is 0 Å². The Balaban J connectivity index is 1.64. The zero-order valence-electron chi connectivity index (χ0n) is 13.0. The van der Waals surface area contributed by atoms with Gasteiger partial charge in [0, 0.05) is 22.1 Å². The molecule has 126 valence electrons. The van der Waals surface area contributed by atoms with Crippen LogP contribution in [0.15, 0.2) is 34.9 Å². The van der Waals surface area contributed by atoms with Gasteiger partial charge in [-0.25, -0.2) is 4.79 Å².